The van der Waals surface area contributed by atoms with Crippen LogP contribution in [0.4, 0.5) is 4.39 Å². The number of halogens is 2. The molecule has 0 amide bonds. The molecular formula is C11H12BrFO2. The minimum absolute atomic E-state index is 0.0249. The Morgan fingerprint density at radius 1 is 1.47 bits per heavy atom. The highest BCUT2D eigenvalue weighted by molar-refractivity contribution is 9.10. The van der Waals surface area contributed by atoms with E-state index in [0.29, 0.717) is 10.0 Å². The number of carboxylic acids is 1. The van der Waals surface area contributed by atoms with Gasteiger partial charge in [-0.25, -0.2) is 4.39 Å². The topological polar surface area (TPSA) is 37.3 Å². The van der Waals surface area contributed by atoms with E-state index in [2.05, 4.69) is 15.9 Å². The van der Waals surface area contributed by atoms with Gasteiger partial charge in [0.15, 0.2) is 0 Å². The van der Waals surface area contributed by atoms with Crippen molar-refractivity contribution in [2.75, 3.05) is 0 Å². The summed E-state index contributed by atoms with van der Waals surface area (Å²) in [5.41, 5.74) is 0.105. The van der Waals surface area contributed by atoms with Gasteiger partial charge in [-0.3, -0.25) is 4.79 Å². The molecule has 0 aliphatic heterocycles. The van der Waals surface area contributed by atoms with Crippen molar-refractivity contribution in [3.8, 4) is 0 Å². The molecule has 0 aromatic heterocycles. The number of rotatable bonds is 3. The molecule has 0 fully saturated rings. The zero-order chi connectivity index (χ0) is 11.6. The summed E-state index contributed by atoms with van der Waals surface area (Å²) >= 11 is 3.18. The molecule has 0 bridgehead atoms. The average molecular weight is 275 g/mol. The van der Waals surface area contributed by atoms with Crippen LogP contribution in [0.5, 0.6) is 0 Å². The molecule has 0 aliphatic carbocycles. The van der Waals surface area contributed by atoms with Gasteiger partial charge in [-0.15, -0.1) is 0 Å². The Morgan fingerprint density at radius 2 is 2.07 bits per heavy atom. The van der Waals surface area contributed by atoms with E-state index < -0.39 is 11.4 Å². The molecule has 0 atom stereocenters. The van der Waals surface area contributed by atoms with Crippen LogP contribution in [0.2, 0.25) is 0 Å². The van der Waals surface area contributed by atoms with Crippen LogP contribution in [-0.2, 0) is 10.2 Å². The van der Waals surface area contributed by atoms with Gasteiger partial charge in [0.1, 0.15) is 5.82 Å². The molecule has 4 heteroatoms. The maximum Gasteiger partial charge on any atom is 0.304 e. The highest BCUT2D eigenvalue weighted by Gasteiger charge is 2.24. The minimum atomic E-state index is -0.889. The third-order valence-electron chi connectivity index (χ3n) is 2.24. The van der Waals surface area contributed by atoms with Crippen molar-refractivity contribution in [3.63, 3.8) is 0 Å². The molecular weight excluding hydrogens is 263 g/mol. The van der Waals surface area contributed by atoms with Crippen molar-refractivity contribution in [2.45, 2.75) is 25.7 Å². The Bertz CT molecular complexity index is 368. The number of hydrogen-bond donors (Lipinski definition) is 1. The lowest BCUT2D eigenvalue weighted by Crippen LogP contribution is -2.21. The average Bonchev–Trinajstić information content (AvgIpc) is 1.99. The van der Waals surface area contributed by atoms with Gasteiger partial charge in [-0.05, 0) is 23.8 Å². The van der Waals surface area contributed by atoms with E-state index in [1.807, 2.05) is 0 Å². The molecule has 1 aromatic carbocycles. The summed E-state index contributed by atoms with van der Waals surface area (Å²) in [7, 11) is 0. The van der Waals surface area contributed by atoms with Gasteiger partial charge in [0.2, 0.25) is 0 Å². The van der Waals surface area contributed by atoms with E-state index in [1.54, 1.807) is 19.9 Å². The second-order valence-electron chi connectivity index (χ2n) is 4.11. The third kappa shape index (κ3) is 3.30. The number of hydrogen-bond acceptors (Lipinski definition) is 1. The van der Waals surface area contributed by atoms with Crippen molar-refractivity contribution in [2.24, 2.45) is 0 Å². The predicted molar refractivity (Wildman–Crippen MR) is 59.4 cm³/mol. The van der Waals surface area contributed by atoms with Gasteiger partial charge in [-0.1, -0.05) is 29.8 Å². The fraction of sp³-hybridized carbons (Fsp3) is 0.364. The minimum Gasteiger partial charge on any atom is -0.481 e. The van der Waals surface area contributed by atoms with Crippen LogP contribution >= 0.6 is 15.9 Å². The van der Waals surface area contributed by atoms with Gasteiger partial charge in [0.25, 0.3) is 0 Å². The van der Waals surface area contributed by atoms with Crippen molar-refractivity contribution in [1.82, 2.24) is 0 Å². The lowest BCUT2D eigenvalue weighted by Gasteiger charge is -2.23. The van der Waals surface area contributed by atoms with Crippen LogP contribution in [0.3, 0.4) is 0 Å². The summed E-state index contributed by atoms with van der Waals surface area (Å²) in [5.74, 6) is -1.25. The maximum absolute atomic E-state index is 13.1. The SMILES string of the molecule is CC(C)(CC(=O)O)c1cc(F)cc(Br)c1. The monoisotopic (exact) mass is 274 g/mol. The number of carbonyl (C=O) groups is 1. The van der Waals surface area contributed by atoms with E-state index in [4.69, 9.17) is 5.11 Å². The molecule has 1 N–H and O–H groups in total. The van der Waals surface area contributed by atoms with E-state index in [-0.39, 0.29) is 12.2 Å². The lowest BCUT2D eigenvalue weighted by molar-refractivity contribution is -0.138. The van der Waals surface area contributed by atoms with Gasteiger partial charge >= 0.3 is 5.97 Å². The Labute approximate surface area is 96.2 Å². The maximum atomic E-state index is 13.1. The largest absolute Gasteiger partial charge is 0.481 e. The first-order valence-corrected chi connectivity index (χ1v) is 5.29. The summed E-state index contributed by atoms with van der Waals surface area (Å²) in [6.07, 6.45) is -0.0249. The van der Waals surface area contributed by atoms with Crippen LogP contribution < -0.4 is 0 Å². The number of benzene rings is 1. The Balaban J connectivity index is 3.08. The summed E-state index contributed by atoms with van der Waals surface area (Å²) < 4.78 is 13.7. The smallest absolute Gasteiger partial charge is 0.304 e. The molecule has 0 unspecified atom stereocenters. The van der Waals surface area contributed by atoms with Crippen molar-refractivity contribution < 1.29 is 14.3 Å². The summed E-state index contributed by atoms with van der Waals surface area (Å²) in [6, 6.07) is 4.46. The molecule has 0 saturated heterocycles. The van der Waals surface area contributed by atoms with E-state index in [0.717, 1.165) is 0 Å². The molecule has 0 saturated carbocycles. The third-order valence-corrected chi connectivity index (χ3v) is 2.70. The molecule has 0 aliphatic rings. The zero-order valence-electron chi connectivity index (χ0n) is 8.55. The summed E-state index contributed by atoms with van der Waals surface area (Å²) in [6.45, 7) is 3.56. The Hall–Kier alpha value is -0.900. The predicted octanol–water partition coefficient (Wildman–Crippen LogP) is 3.34. The lowest BCUT2D eigenvalue weighted by atomic mass is 9.81. The van der Waals surface area contributed by atoms with Gasteiger partial charge < -0.3 is 5.11 Å². The molecule has 82 valence electrons. The number of carboxylic acid groups (broad SMARTS) is 1. The van der Waals surface area contributed by atoms with Gasteiger partial charge in [0, 0.05) is 9.89 Å². The molecule has 1 aromatic rings. The number of aliphatic carboxylic acids is 1. The quantitative estimate of drug-likeness (QED) is 0.918. The fourth-order valence-corrected chi connectivity index (χ4v) is 1.89. The van der Waals surface area contributed by atoms with Crippen LogP contribution in [0.25, 0.3) is 0 Å². The van der Waals surface area contributed by atoms with Gasteiger partial charge in [-0.2, -0.15) is 0 Å². The van der Waals surface area contributed by atoms with Crippen LogP contribution in [0.1, 0.15) is 25.8 Å². The Kier molecular flexibility index (Phi) is 3.50. The highest BCUT2D eigenvalue weighted by atomic mass is 79.9. The summed E-state index contributed by atoms with van der Waals surface area (Å²) in [4.78, 5) is 10.7. The highest BCUT2D eigenvalue weighted by Crippen LogP contribution is 2.29. The fourth-order valence-electron chi connectivity index (χ4n) is 1.42. The first-order chi connectivity index (χ1) is 6.81. The molecule has 2 nitrogen and oxygen atoms in total. The van der Waals surface area contributed by atoms with Crippen LogP contribution in [0.15, 0.2) is 22.7 Å². The standard InChI is InChI=1S/C11H12BrFO2/c1-11(2,6-10(14)15)7-3-8(12)5-9(13)4-7/h3-5H,6H2,1-2H3,(H,14,15). The van der Waals surface area contributed by atoms with E-state index in [1.165, 1.54) is 12.1 Å². The van der Waals surface area contributed by atoms with E-state index in [9.17, 15) is 9.18 Å². The molecule has 0 spiro atoms. The van der Waals surface area contributed by atoms with Crippen LogP contribution in [0, 0.1) is 5.82 Å². The van der Waals surface area contributed by atoms with Gasteiger partial charge in [0.05, 0.1) is 6.42 Å². The zero-order valence-corrected chi connectivity index (χ0v) is 10.1. The van der Waals surface area contributed by atoms with Crippen molar-refractivity contribution >= 4 is 21.9 Å². The van der Waals surface area contributed by atoms with Crippen molar-refractivity contribution in [1.29, 1.82) is 0 Å². The second kappa shape index (κ2) is 4.31. The normalized spacial score (nSPS) is 11.5. The second-order valence-corrected chi connectivity index (χ2v) is 5.03. The molecule has 1 rings (SSSR count). The molecule has 0 radical (unpaired) electrons. The van der Waals surface area contributed by atoms with E-state index >= 15 is 0 Å². The molecule has 15 heavy (non-hydrogen) atoms. The summed E-state index contributed by atoms with van der Waals surface area (Å²) in [5, 5.41) is 8.74. The van der Waals surface area contributed by atoms with Crippen molar-refractivity contribution in [3.05, 3.63) is 34.1 Å². The Morgan fingerprint density at radius 3 is 2.53 bits per heavy atom. The first-order valence-electron chi connectivity index (χ1n) is 4.49. The van der Waals surface area contributed by atoms with Crippen LogP contribution in [-0.4, -0.2) is 11.1 Å². The molecule has 0 heterocycles. The first kappa shape index (κ1) is 12.2.